The summed E-state index contributed by atoms with van der Waals surface area (Å²) in [7, 11) is 4.88. The Bertz CT molecular complexity index is 497. The fraction of sp³-hybridized carbons (Fsp3) is 0.500. The first kappa shape index (κ1) is 14.7. The van der Waals surface area contributed by atoms with Crippen molar-refractivity contribution in [3.05, 3.63) is 29.3 Å². The van der Waals surface area contributed by atoms with E-state index in [1.54, 1.807) is 21.3 Å². The monoisotopic (exact) mass is 277 g/mol. The average Bonchev–Trinajstić information content (AvgIpc) is 2.53. The topological polar surface area (TPSA) is 53.7 Å². The number of hydrogen-bond donors (Lipinski definition) is 1. The van der Waals surface area contributed by atoms with E-state index in [2.05, 4.69) is 6.08 Å². The van der Waals surface area contributed by atoms with Crippen LogP contribution in [0.15, 0.2) is 23.8 Å². The highest BCUT2D eigenvalue weighted by atomic mass is 16.5. The maximum atomic E-state index is 6.42. The normalized spacial score (nSPS) is 16.3. The molecule has 1 aliphatic rings. The van der Waals surface area contributed by atoms with E-state index in [9.17, 15) is 0 Å². The number of benzene rings is 1. The van der Waals surface area contributed by atoms with Gasteiger partial charge >= 0.3 is 0 Å². The van der Waals surface area contributed by atoms with Crippen LogP contribution in [0.3, 0.4) is 0 Å². The zero-order chi connectivity index (χ0) is 14.5. The van der Waals surface area contributed by atoms with Crippen LogP contribution in [0.4, 0.5) is 0 Å². The summed E-state index contributed by atoms with van der Waals surface area (Å²) in [4.78, 5) is 0. The fourth-order valence-electron chi connectivity index (χ4n) is 2.64. The van der Waals surface area contributed by atoms with Gasteiger partial charge in [0.05, 0.1) is 27.4 Å². The second-order valence-corrected chi connectivity index (χ2v) is 4.95. The van der Waals surface area contributed by atoms with Gasteiger partial charge in [-0.05, 0) is 31.7 Å². The van der Waals surface area contributed by atoms with Crippen LogP contribution in [0, 0.1) is 0 Å². The Morgan fingerprint density at radius 1 is 0.950 bits per heavy atom. The number of ether oxygens (including phenoxy) is 3. The van der Waals surface area contributed by atoms with E-state index >= 15 is 0 Å². The van der Waals surface area contributed by atoms with Crippen molar-refractivity contribution < 1.29 is 14.2 Å². The van der Waals surface area contributed by atoms with Gasteiger partial charge in [0.25, 0.3) is 0 Å². The van der Waals surface area contributed by atoms with E-state index in [4.69, 9.17) is 19.9 Å². The lowest BCUT2D eigenvalue weighted by atomic mass is 9.90. The molecule has 0 saturated heterocycles. The van der Waals surface area contributed by atoms with E-state index in [1.807, 2.05) is 12.1 Å². The number of methoxy groups -OCH3 is 3. The van der Waals surface area contributed by atoms with Crippen LogP contribution < -0.4 is 19.9 Å². The smallest absolute Gasteiger partial charge is 0.164 e. The molecule has 0 bridgehead atoms. The van der Waals surface area contributed by atoms with Gasteiger partial charge in [0.1, 0.15) is 5.75 Å². The number of allylic oxidation sites excluding steroid dienone is 1. The van der Waals surface area contributed by atoms with Crippen LogP contribution in [0.25, 0.3) is 0 Å². The number of hydrogen-bond acceptors (Lipinski definition) is 4. The zero-order valence-electron chi connectivity index (χ0n) is 12.4. The van der Waals surface area contributed by atoms with Gasteiger partial charge in [0.2, 0.25) is 0 Å². The lowest BCUT2D eigenvalue weighted by Gasteiger charge is -2.23. The van der Waals surface area contributed by atoms with Crippen molar-refractivity contribution in [2.45, 2.75) is 31.7 Å². The fourth-order valence-corrected chi connectivity index (χ4v) is 2.64. The molecule has 0 fully saturated rings. The predicted molar refractivity (Wildman–Crippen MR) is 79.6 cm³/mol. The highest BCUT2D eigenvalue weighted by Gasteiger charge is 2.20. The van der Waals surface area contributed by atoms with Crippen LogP contribution in [0.5, 0.6) is 17.2 Å². The molecule has 0 spiro atoms. The molecular formula is C16H23NO3. The summed E-state index contributed by atoms with van der Waals surface area (Å²) in [6.45, 7) is 0. The summed E-state index contributed by atoms with van der Waals surface area (Å²) in [6, 6.07) is 3.60. The Balaban J connectivity index is 2.40. The molecule has 1 aromatic rings. The highest BCUT2D eigenvalue weighted by molar-refractivity contribution is 5.53. The maximum Gasteiger partial charge on any atom is 0.164 e. The summed E-state index contributed by atoms with van der Waals surface area (Å²) >= 11 is 0. The van der Waals surface area contributed by atoms with Gasteiger partial charge in [-0.3, -0.25) is 0 Å². The van der Waals surface area contributed by atoms with Crippen molar-refractivity contribution in [3.63, 3.8) is 0 Å². The first-order valence-electron chi connectivity index (χ1n) is 6.95. The molecule has 110 valence electrons. The van der Waals surface area contributed by atoms with Crippen LogP contribution in [-0.2, 0) is 0 Å². The van der Waals surface area contributed by atoms with Crippen molar-refractivity contribution in [1.82, 2.24) is 0 Å². The first-order valence-corrected chi connectivity index (χ1v) is 6.95. The number of rotatable bonds is 5. The van der Waals surface area contributed by atoms with Gasteiger partial charge in [-0.1, -0.05) is 11.6 Å². The molecule has 0 radical (unpaired) electrons. The molecule has 2 N–H and O–H groups in total. The van der Waals surface area contributed by atoms with E-state index in [0.717, 1.165) is 24.2 Å². The first-order chi connectivity index (χ1) is 9.71. The minimum atomic E-state index is -0.148. The summed E-state index contributed by atoms with van der Waals surface area (Å²) in [6.07, 6.45) is 6.87. The molecular weight excluding hydrogens is 254 g/mol. The minimum absolute atomic E-state index is 0.148. The zero-order valence-corrected chi connectivity index (χ0v) is 12.4. The molecule has 0 aromatic heterocycles. The van der Waals surface area contributed by atoms with Crippen molar-refractivity contribution in [2.75, 3.05) is 21.3 Å². The van der Waals surface area contributed by atoms with Crippen molar-refractivity contribution in [3.8, 4) is 17.2 Å². The molecule has 4 nitrogen and oxygen atoms in total. The minimum Gasteiger partial charge on any atom is -0.496 e. The van der Waals surface area contributed by atoms with Gasteiger partial charge in [0, 0.05) is 11.6 Å². The Hall–Kier alpha value is -1.68. The molecule has 2 rings (SSSR count). The average molecular weight is 277 g/mol. The summed E-state index contributed by atoms with van der Waals surface area (Å²) in [5.74, 6) is 2.06. The molecule has 1 atom stereocenters. The molecule has 0 saturated carbocycles. The Morgan fingerprint density at radius 2 is 1.60 bits per heavy atom. The summed E-state index contributed by atoms with van der Waals surface area (Å²) in [5.41, 5.74) is 8.64. The van der Waals surface area contributed by atoms with Crippen LogP contribution in [0.1, 0.15) is 37.3 Å². The molecule has 0 amide bonds. The van der Waals surface area contributed by atoms with Crippen LogP contribution in [-0.4, -0.2) is 21.3 Å². The second-order valence-electron chi connectivity index (χ2n) is 4.95. The van der Waals surface area contributed by atoms with Gasteiger partial charge in [-0.2, -0.15) is 0 Å². The third-order valence-corrected chi connectivity index (χ3v) is 3.80. The molecule has 0 aliphatic heterocycles. The SMILES string of the molecule is COc1cc(OC)c(C(N)C2=CCCCC2)cc1OC. The molecule has 20 heavy (non-hydrogen) atoms. The third-order valence-electron chi connectivity index (χ3n) is 3.80. The van der Waals surface area contributed by atoms with Gasteiger partial charge in [-0.15, -0.1) is 0 Å². The van der Waals surface area contributed by atoms with Gasteiger partial charge < -0.3 is 19.9 Å². The van der Waals surface area contributed by atoms with E-state index < -0.39 is 0 Å². The lowest BCUT2D eigenvalue weighted by molar-refractivity contribution is 0.347. The molecule has 0 heterocycles. The standard InChI is InChI=1S/C16H23NO3/c1-18-13-10-15(20-3)14(19-2)9-12(13)16(17)11-7-5-4-6-8-11/h7,9-10,16H,4-6,8,17H2,1-3H3. The predicted octanol–water partition coefficient (Wildman–Crippen LogP) is 3.21. The molecule has 1 aromatic carbocycles. The summed E-state index contributed by atoms with van der Waals surface area (Å²) < 4.78 is 16.1. The molecule has 1 unspecified atom stereocenters. The van der Waals surface area contributed by atoms with Crippen molar-refractivity contribution in [1.29, 1.82) is 0 Å². The summed E-state index contributed by atoms with van der Waals surface area (Å²) in [5, 5.41) is 0. The maximum absolute atomic E-state index is 6.42. The van der Waals surface area contributed by atoms with Crippen molar-refractivity contribution in [2.24, 2.45) is 5.73 Å². The van der Waals surface area contributed by atoms with Gasteiger partial charge in [-0.25, -0.2) is 0 Å². The quantitative estimate of drug-likeness (QED) is 0.840. The van der Waals surface area contributed by atoms with Crippen molar-refractivity contribution >= 4 is 0 Å². The van der Waals surface area contributed by atoms with E-state index in [-0.39, 0.29) is 6.04 Å². The van der Waals surface area contributed by atoms with E-state index in [1.165, 1.54) is 18.4 Å². The Kier molecular flexibility index (Phi) is 4.90. The van der Waals surface area contributed by atoms with Crippen LogP contribution >= 0.6 is 0 Å². The molecule has 1 aliphatic carbocycles. The third kappa shape index (κ3) is 2.90. The Morgan fingerprint density at radius 3 is 2.15 bits per heavy atom. The highest BCUT2D eigenvalue weighted by Crippen LogP contribution is 2.40. The van der Waals surface area contributed by atoms with Gasteiger partial charge in [0.15, 0.2) is 11.5 Å². The number of nitrogens with two attached hydrogens (primary N) is 1. The molecule has 4 heteroatoms. The van der Waals surface area contributed by atoms with Crippen LogP contribution in [0.2, 0.25) is 0 Å². The largest absolute Gasteiger partial charge is 0.496 e. The lowest BCUT2D eigenvalue weighted by Crippen LogP contribution is -2.16. The van der Waals surface area contributed by atoms with E-state index in [0.29, 0.717) is 11.5 Å². The second kappa shape index (κ2) is 6.66. The Labute approximate surface area is 120 Å².